The molecule has 1 rings (SSSR count). The van der Waals surface area contributed by atoms with Crippen LogP contribution in [-0.2, 0) is 9.53 Å². The van der Waals surface area contributed by atoms with Crippen LogP contribution in [0.2, 0.25) is 0 Å². The summed E-state index contributed by atoms with van der Waals surface area (Å²) in [5, 5.41) is 0. The van der Waals surface area contributed by atoms with Gasteiger partial charge in [-0.25, -0.2) is 4.98 Å². The Bertz CT molecular complexity index is 393. The van der Waals surface area contributed by atoms with Crippen molar-refractivity contribution >= 4 is 11.8 Å². The number of hydrogen-bond acceptors (Lipinski definition) is 5. The fourth-order valence-electron chi connectivity index (χ4n) is 1.57. The van der Waals surface area contributed by atoms with E-state index in [2.05, 4.69) is 14.7 Å². The summed E-state index contributed by atoms with van der Waals surface area (Å²) >= 11 is 0. The van der Waals surface area contributed by atoms with Gasteiger partial charge in [-0.3, -0.25) is 9.78 Å². The van der Waals surface area contributed by atoms with Crippen LogP contribution in [0.1, 0.15) is 24.7 Å². The van der Waals surface area contributed by atoms with E-state index in [1.165, 1.54) is 7.11 Å². The molecule has 0 atom stereocenters. The second-order valence-electron chi connectivity index (χ2n) is 3.83. The molecule has 0 aliphatic carbocycles. The van der Waals surface area contributed by atoms with Crippen LogP contribution in [0.25, 0.3) is 0 Å². The smallest absolute Gasteiger partial charge is 0.307 e. The van der Waals surface area contributed by atoms with Crippen molar-refractivity contribution in [2.45, 2.75) is 27.2 Å². The molecule has 0 aromatic carbocycles. The van der Waals surface area contributed by atoms with Gasteiger partial charge >= 0.3 is 5.97 Å². The number of nitrogens with zero attached hydrogens (tertiary/aromatic N) is 3. The fraction of sp³-hybridized carbons (Fsp3) is 0.583. The van der Waals surface area contributed by atoms with Gasteiger partial charge in [0.05, 0.1) is 24.9 Å². The molecule has 0 saturated heterocycles. The van der Waals surface area contributed by atoms with Crippen LogP contribution in [-0.4, -0.2) is 36.1 Å². The molecule has 5 nitrogen and oxygen atoms in total. The van der Waals surface area contributed by atoms with Crippen molar-refractivity contribution in [2.75, 3.05) is 25.1 Å². The average Bonchev–Trinajstić information content (AvgIpc) is 2.33. The molecular formula is C12H19N3O2. The van der Waals surface area contributed by atoms with E-state index >= 15 is 0 Å². The predicted octanol–water partition coefficient (Wildman–Crippen LogP) is 1.48. The van der Waals surface area contributed by atoms with Crippen LogP contribution in [0.5, 0.6) is 0 Å². The molecule has 0 saturated carbocycles. The number of methoxy groups -OCH3 is 1. The lowest BCUT2D eigenvalue weighted by molar-refractivity contribution is -0.140. The maximum Gasteiger partial charge on any atom is 0.307 e. The van der Waals surface area contributed by atoms with Crippen molar-refractivity contribution in [3.63, 3.8) is 0 Å². The van der Waals surface area contributed by atoms with Gasteiger partial charge < -0.3 is 9.64 Å². The quantitative estimate of drug-likeness (QED) is 0.726. The van der Waals surface area contributed by atoms with Gasteiger partial charge in [-0.15, -0.1) is 0 Å². The Kier molecular flexibility index (Phi) is 4.87. The van der Waals surface area contributed by atoms with E-state index in [0.29, 0.717) is 13.0 Å². The first-order valence-corrected chi connectivity index (χ1v) is 5.70. The Balaban J connectivity index is 2.78. The van der Waals surface area contributed by atoms with Gasteiger partial charge in [0, 0.05) is 19.3 Å². The van der Waals surface area contributed by atoms with E-state index in [0.717, 1.165) is 23.8 Å². The van der Waals surface area contributed by atoms with Crippen molar-refractivity contribution in [3.05, 3.63) is 17.6 Å². The summed E-state index contributed by atoms with van der Waals surface area (Å²) in [5.74, 6) is 0.637. The molecule has 0 bridgehead atoms. The lowest BCUT2D eigenvalue weighted by Crippen LogP contribution is -2.28. The molecule has 0 radical (unpaired) electrons. The van der Waals surface area contributed by atoms with Crippen molar-refractivity contribution in [3.8, 4) is 0 Å². The zero-order valence-corrected chi connectivity index (χ0v) is 10.9. The standard InChI is InChI=1S/C12H19N3O2/c1-5-15(7-6-11(16)17-4)12-10(3)13-8-9(2)14-12/h8H,5-7H2,1-4H3. The molecule has 0 unspecified atom stereocenters. The Morgan fingerprint density at radius 2 is 2.18 bits per heavy atom. The molecule has 1 heterocycles. The van der Waals surface area contributed by atoms with Crippen molar-refractivity contribution in [1.82, 2.24) is 9.97 Å². The largest absolute Gasteiger partial charge is 0.469 e. The van der Waals surface area contributed by atoms with Crippen LogP contribution in [0.3, 0.4) is 0 Å². The summed E-state index contributed by atoms with van der Waals surface area (Å²) < 4.78 is 4.63. The minimum Gasteiger partial charge on any atom is -0.469 e. The topological polar surface area (TPSA) is 55.3 Å². The van der Waals surface area contributed by atoms with Crippen molar-refractivity contribution < 1.29 is 9.53 Å². The van der Waals surface area contributed by atoms with Crippen LogP contribution in [0.4, 0.5) is 5.82 Å². The lowest BCUT2D eigenvalue weighted by Gasteiger charge is -2.22. The minimum atomic E-state index is -0.207. The second-order valence-corrected chi connectivity index (χ2v) is 3.83. The maximum atomic E-state index is 11.1. The highest BCUT2D eigenvalue weighted by molar-refractivity contribution is 5.70. The molecule has 0 spiro atoms. The number of rotatable bonds is 5. The third-order valence-electron chi connectivity index (χ3n) is 2.55. The average molecular weight is 237 g/mol. The third kappa shape index (κ3) is 3.69. The van der Waals surface area contributed by atoms with E-state index in [9.17, 15) is 4.79 Å². The third-order valence-corrected chi connectivity index (χ3v) is 2.55. The second kappa shape index (κ2) is 6.18. The molecule has 0 N–H and O–H groups in total. The molecule has 0 aliphatic rings. The van der Waals surface area contributed by atoms with Gasteiger partial charge in [-0.05, 0) is 20.8 Å². The van der Waals surface area contributed by atoms with Gasteiger partial charge in [0.25, 0.3) is 0 Å². The SMILES string of the molecule is CCN(CCC(=O)OC)c1nc(C)cnc1C. The highest BCUT2D eigenvalue weighted by Gasteiger charge is 2.12. The van der Waals surface area contributed by atoms with Crippen LogP contribution < -0.4 is 4.90 Å². The number of ether oxygens (including phenoxy) is 1. The zero-order valence-electron chi connectivity index (χ0n) is 10.9. The first-order valence-electron chi connectivity index (χ1n) is 5.70. The molecule has 0 amide bonds. The Hall–Kier alpha value is -1.65. The van der Waals surface area contributed by atoms with Gasteiger partial charge in [-0.1, -0.05) is 0 Å². The number of anilines is 1. The monoisotopic (exact) mass is 237 g/mol. The Morgan fingerprint density at radius 1 is 1.47 bits per heavy atom. The maximum absolute atomic E-state index is 11.1. The highest BCUT2D eigenvalue weighted by Crippen LogP contribution is 2.15. The molecule has 17 heavy (non-hydrogen) atoms. The van der Waals surface area contributed by atoms with Crippen LogP contribution in [0, 0.1) is 13.8 Å². The number of esters is 1. The zero-order chi connectivity index (χ0) is 12.8. The minimum absolute atomic E-state index is 0.207. The van der Waals surface area contributed by atoms with Crippen molar-refractivity contribution in [1.29, 1.82) is 0 Å². The molecule has 0 fully saturated rings. The van der Waals surface area contributed by atoms with Crippen LogP contribution in [0.15, 0.2) is 6.20 Å². The summed E-state index contributed by atoms with van der Waals surface area (Å²) in [5.41, 5.74) is 1.75. The summed E-state index contributed by atoms with van der Waals surface area (Å²) in [4.78, 5) is 21.9. The molecule has 1 aromatic rings. The lowest BCUT2D eigenvalue weighted by atomic mass is 10.3. The molecular weight excluding hydrogens is 218 g/mol. The Morgan fingerprint density at radius 3 is 2.76 bits per heavy atom. The number of aromatic nitrogens is 2. The highest BCUT2D eigenvalue weighted by atomic mass is 16.5. The van der Waals surface area contributed by atoms with Gasteiger partial charge in [0.15, 0.2) is 0 Å². The van der Waals surface area contributed by atoms with E-state index < -0.39 is 0 Å². The van der Waals surface area contributed by atoms with Gasteiger partial charge in [0.1, 0.15) is 5.82 Å². The molecule has 94 valence electrons. The summed E-state index contributed by atoms with van der Waals surface area (Å²) in [6.45, 7) is 7.24. The van der Waals surface area contributed by atoms with E-state index in [-0.39, 0.29) is 5.97 Å². The van der Waals surface area contributed by atoms with Crippen LogP contribution >= 0.6 is 0 Å². The molecule has 0 aliphatic heterocycles. The van der Waals surface area contributed by atoms with Gasteiger partial charge in [-0.2, -0.15) is 0 Å². The fourth-order valence-corrected chi connectivity index (χ4v) is 1.57. The number of aryl methyl sites for hydroxylation is 2. The number of carbonyl (C=O) groups is 1. The Labute approximate surface area is 102 Å². The van der Waals surface area contributed by atoms with E-state index in [1.807, 2.05) is 25.7 Å². The molecule has 1 aromatic heterocycles. The van der Waals surface area contributed by atoms with Crippen molar-refractivity contribution in [2.24, 2.45) is 0 Å². The van der Waals surface area contributed by atoms with E-state index in [1.54, 1.807) is 6.20 Å². The van der Waals surface area contributed by atoms with E-state index in [4.69, 9.17) is 0 Å². The van der Waals surface area contributed by atoms with Gasteiger partial charge in [0.2, 0.25) is 0 Å². The first kappa shape index (κ1) is 13.4. The summed E-state index contributed by atoms with van der Waals surface area (Å²) in [6.07, 6.45) is 2.10. The molecule has 5 heteroatoms. The number of carbonyl (C=O) groups excluding carboxylic acids is 1. The normalized spacial score (nSPS) is 10.1. The summed E-state index contributed by atoms with van der Waals surface area (Å²) in [7, 11) is 1.40. The first-order chi connectivity index (χ1) is 8.08. The predicted molar refractivity (Wildman–Crippen MR) is 66.0 cm³/mol. The summed E-state index contributed by atoms with van der Waals surface area (Å²) in [6, 6.07) is 0. The number of hydrogen-bond donors (Lipinski definition) is 0.